The van der Waals surface area contributed by atoms with E-state index >= 15 is 0 Å². The summed E-state index contributed by atoms with van der Waals surface area (Å²) in [6.45, 7) is 8.16. The van der Waals surface area contributed by atoms with E-state index in [4.69, 9.17) is 14.2 Å². The van der Waals surface area contributed by atoms with Crippen LogP contribution >= 0.6 is 0 Å². The van der Waals surface area contributed by atoms with Crippen LogP contribution < -0.4 is 29.7 Å². The van der Waals surface area contributed by atoms with Crippen LogP contribution in [-0.4, -0.2) is 43.6 Å². The number of carbonyl (C=O) groups excluding carboxylic acids is 4. The van der Waals surface area contributed by atoms with Gasteiger partial charge in [0, 0.05) is 17.3 Å². The molecule has 0 atom stereocenters. The molecule has 0 saturated carbocycles. The summed E-state index contributed by atoms with van der Waals surface area (Å²) in [7, 11) is 0. The zero-order valence-electron chi connectivity index (χ0n) is 24.0. The Bertz CT molecular complexity index is 1550. The van der Waals surface area contributed by atoms with E-state index < -0.39 is 17.8 Å². The van der Waals surface area contributed by atoms with Gasteiger partial charge in [0.2, 0.25) is 0 Å². The molecule has 10 heteroatoms. The number of barbiturate groups is 1. The molecule has 3 aromatic carbocycles. The number of benzene rings is 3. The molecule has 1 aliphatic heterocycles. The number of hydrogen-bond donors (Lipinski definition) is 2. The third-order valence-corrected chi connectivity index (χ3v) is 6.28. The van der Waals surface area contributed by atoms with Crippen LogP contribution in [0.5, 0.6) is 17.2 Å². The van der Waals surface area contributed by atoms with Crippen molar-refractivity contribution in [1.82, 2.24) is 5.32 Å². The number of amides is 5. The Hall–Kier alpha value is -5.12. The maximum absolute atomic E-state index is 13.5. The summed E-state index contributed by atoms with van der Waals surface area (Å²) in [5.41, 5.74) is 2.98. The third kappa shape index (κ3) is 6.95. The predicted molar refractivity (Wildman–Crippen MR) is 159 cm³/mol. The summed E-state index contributed by atoms with van der Waals surface area (Å²) in [6.07, 6.45) is 2.12. The van der Waals surface area contributed by atoms with Gasteiger partial charge >= 0.3 is 6.03 Å². The summed E-state index contributed by atoms with van der Waals surface area (Å²) in [5, 5.41) is 5.04. The van der Waals surface area contributed by atoms with Gasteiger partial charge in [-0.15, -0.1) is 0 Å². The van der Waals surface area contributed by atoms with Gasteiger partial charge in [0.1, 0.15) is 11.3 Å². The van der Waals surface area contributed by atoms with Crippen molar-refractivity contribution >= 4 is 41.2 Å². The highest BCUT2D eigenvalue weighted by Gasteiger charge is 2.37. The maximum atomic E-state index is 13.5. The van der Waals surface area contributed by atoms with Crippen molar-refractivity contribution in [1.29, 1.82) is 0 Å². The van der Waals surface area contributed by atoms with Crippen LogP contribution in [0, 0.1) is 13.8 Å². The lowest BCUT2D eigenvalue weighted by Crippen LogP contribution is -2.54. The minimum Gasteiger partial charge on any atom is -0.490 e. The number of nitrogens with zero attached hydrogens (tertiary/aromatic N) is 1. The highest BCUT2D eigenvalue weighted by molar-refractivity contribution is 6.39. The van der Waals surface area contributed by atoms with E-state index in [0.29, 0.717) is 36.0 Å². The number of ether oxygens (including phenoxy) is 3. The highest BCUT2D eigenvalue weighted by Crippen LogP contribution is 2.34. The van der Waals surface area contributed by atoms with Gasteiger partial charge in [0.25, 0.3) is 17.7 Å². The lowest BCUT2D eigenvalue weighted by molar-refractivity contribution is -0.122. The minimum atomic E-state index is -0.889. The molecule has 10 nitrogen and oxygen atoms in total. The van der Waals surface area contributed by atoms with Crippen LogP contribution in [0.25, 0.3) is 6.08 Å². The Balaban J connectivity index is 1.56. The van der Waals surface area contributed by atoms with Crippen molar-refractivity contribution in [3.63, 3.8) is 0 Å². The molecule has 1 fully saturated rings. The Morgan fingerprint density at radius 2 is 1.69 bits per heavy atom. The molecule has 1 heterocycles. The zero-order valence-corrected chi connectivity index (χ0v) is 24.0. The minimum absolute atomic E-state index is 0.204. The van der Waals surface area contributed by atoms with Crippen LogP contribution in [0.4, 0.5) is 16.2 Å². The molecule has 0 unspecified atom stereocenters. The van der Waals surface area contributed by atoms with Crippen molar-refractivity contribution < 1.29 is 33.4 Å². The number of urea groups is 1. The van der Waals surface area contributed by atoms with Gasteiger partial charge in [0.15, 0.2) is 18.1 Å². The van der Waals surface area contributed by atoms with Gasteiger partial charge in [0.05, 0.1) is 18.9 Å². The topological polar surface area (TPSA) is 123 Å². The number of para-hydroxylation sites is 1. The number of nitrogens with one attached hydrogen (secondary N) is 2. The third-order valence-electron chi connectivity index (χ3n) is 6.28. The van der Waals surface area contributed by atoms with Crippen molar-refractivity contribution in [2.24, 2.45) is 0 Å². The first kappa shape index (κ1) is 29.9. The molecule has 0 aliphatic carbocycles. The predicted octanol–water partition coefficient (Wildman–Crippen LogP) is 5.17. The zero-order chi connectivity index (χ0) is 30.2. The molecule has 2 N–H and O–H groups in total. The summed E-state index contributed by atoms with van der Waals surface area (Å²) in [6, 6.07) is 16.1. The molecule has 218 valence electrons. The second-order valence-electron chi connectivity index (χ2n) is 9.56. The van der Waals surface area contributed by atoms with Gasteiger partial charge < -0.3 is 19.5 Å². The lowest BCUT2D eigenvalue weighted by Gasteiger charge is -2.27. The van der Waals surface area contributed by atoms with Crippen LogP contribution in [0.1, 0.15) is 37.0 Å². The maximum Gasteiger partial charge on any atom is 0.335 e. The van der Waals surface area contributed by atoms with Crippen LogP contribution in [0.15, 0.2) is 66.2 Å². The van der Waals surface area contributed by atoms with E-state index in [1.807, 2.05) is 39.0 Å². The Morgan fingerprint density at radius 1 is 0.905 bits per heavy atom. The van der Waals surface area contributed by atoms with Gasteiger partial charge in [-0.3, -0.25) is 19.7 Å². The standard InChI is InChI=1S/C32H33N3O7/c1-5-15-41-27-14-12-23(18-28(27)40-6-2)35-31(38)24(30(37)34-32(35)39)17-22-9-7-8-10-26(22)42-19-29(36)33-25-13-11-20(3)16-21(25)4/h7-14,16-18H,5-6,15,19H2,1-4H3,(H,33,36)(H,34,37,39)/b24-17+. The van der Waals surface area contributed by atoms with Crippen molar-refractivity contribution in [2.75, 3.05) is 30.0 Å². The second kappa shape index (κ2) is 13.5. The molecule has 4 rings (SSSR count). The van der Waals surface area contributed by atoms with E-state index in [9.17, 15) is 19.2 Å². The smallest absolute Gasteiger partial charge is 0.335 e. The van der Waals surface area contributed by atoms with Gasteiger partial charge in [-0.2, -0.15) is 0 Å². The number of imide groups is 2. The van der Waals surface area contributed by atoms with E-state index in [1.54, 1.807) is 43.3 Å². The molecule has 3 aromatic rings. The fourth-order valence-corrected chi connectivity index (χ4v) is 4.30. The summed E-state index contributed by atoms with van der Waals surface area (Å²) in [4.78, 5) is 52.5. The van der Waals surface area contributed by atoms with Crippen molar-refractivity contribution in [3.05, 3.63) is 82.9 Å². The number of hydrogen-bond acceptors (Lipinski definition) is 7. The van der Waals surface area contributed by atoms with Crippen LogP contribution in [-0.2, 0) is 14.4 Å². The van der Waals surface area contributed by atoms with E-state index in [1.165, 1.54) is 12.1 Å². The molecular formula is C32H33N3O7. The van der Waals surface area contributed by atoms with Gasteiger partial charge in [-0.25, -0.2) is 9.69 Å². The van der Waals surface area contributed by atoms with Crippen molar-refractivity contribution in [3.8, 4) is 17.2 Å². The highest BCUT2D eigenvalue weighted by atomic mass is 16.5. The van der Waals surface area contributed by atoms with Crippen LogP contribution in [0.3, 0.4) is 0 Å². The first-order chi connectivity index (χ1) is 20.2. The van der Waals surface area contributed by atoms with Crippen LogP contribution in [0.2, 0.25) is 0 Å². The van der Waals surface area contributed by atoms with E-state index in [0.717, 1.165) is 22.4 Å². The summed E-state index contributed by atoms with van der Waals surface area (Å²) < 4.78 is 17.1. The first-order valence-electron chi connectivity index (χ1n) is 13.6. The van der Waals surface area contributed by atoms with Gasteiger partial charge in [-0.05, 0) is 63.1 Å². The Morgan fingerprint density at radius 3 is 2.43 bits per heavy atom. The molecule has 1 saturated heterocycles. The molecule has 1 aliphatic rings. The normalized spacial score (nSPS) is 14.0. The number of rotatable bonds is 11. The Kier molecular flexibility index (Phi) is 9.59. The summed E-state index contributed by atoms with van der Waals surface area (Å²) in [5.74, 6) is -0.923. The number of anilines is 2. The fraction of sp³-hybridized carbons (Fsp3) is 0.250. The molecule has 0 radical (unpaired) electrons. The van der Waals surface area contributed by atoms with E-state index in [-0.39, 0.29) is 29.5 Å². The number of aryl methyl sites for hydroxylation is 2. The monoisotopic (exact) mass is 571 g/mol. The number of carbonyl (C=O) groups is 4. The lowest BCUT2D eigenvalue weighted by atomic mass is 10.1. The fourth-order valence-electron chi connectivity index (χ4n) is 4.30. The molecule has 0 aromatic heterocycles. The van der Waals surface area contributed by atoms with Gasteiger partial charge in [-0.1, -0.05) is 42.8 Å². The average molecular weight is 572 g/mol. The second-order valence-corrected chi connectivity index (χ2v) is 9.56. The first-order valence-corrected chi connectivity index (χ1v) is 13.6. The summed E-state index contributed by atoms with van der Waals surface area (Å²) >= 11 is 0. The quantitative estimate of drug-likeness (QED) is 0.240. The molecule has 0 spiro atoms. The molecule has 5 amide bonds. The largest absolute Gasteiger partial charge is 0.490 e. The van der Waals surface area contributed by atoms with E-state index in [2.05, 4.69) is 10.6 Å². The van der Waals surface area contributed by atoms with Crippen molar-refractivity contribution in [2.45, 2.75) is 34.1 Å². The molecular weight excluding hydrogens is 538 g/mol. The molecule has 0 bridgehead atoms. The Labute approximate surface area is 244 Å². The average Bonchev–Trinajstić information content (AvgIpc) is 2.96. The SMILES string of the molecule is CCCOc1ccc(N2C(=O)NC(=O)/C(=C\c3ccccc3OCC(=O)Nc3ccc(C)cc3C)C2=O)cc1OCC. The molecule has 42 heavy (non-hydrogen) atoms.